The molecule has 5 atom stereocenters. The average Bonchev–Trinajstić information content (AvgIpc) is 3.12. The normalized spacial score (nSPS) is 34.8. The Hall–Kier alpha value is -2.26. The molecule has 8 nitrogen and oxygen atoms in total. The van der Waals surface area contributed by atoms with Crippen LogP contribution in [0.5, 0.6) is 0 Å². The molecule has 1 fully saturated rings. The Morgan fingerprint density at radius 2 is 2.14 bits per heavy atom. The molecule has 152 valence electrons. The van der Waals surface area contributed by atoms with Crippen LogP contribution in [0.3, 0.4) is 0 Å². The predicted molar refractivity (Wildman–Crippen MR) is 96.7 cm³/mol. The van der Waals surface area contributed by atoms with Crippen LogP contribution in [0.2, 0.25) is 0 Å². The maximum Gasteiger partial charge on any atom is 0.336 e. The number of aliphatic hydroxyl groups excluding tert-OH is 2. The SMILES string of the molecule is C=C1C(=O)O[C@H]2[C@@H]1[C@@H](OC(=O)/C(=C/CO)CO)C=C(C)[C@]1(OO)CC=C(C)[C@H]21. The molecule has 1 heterocycles. The summed E-state index contributed by atoms with van der Waals surface area (Å²) in [6, 6.07) is 0. The van der Waals surface area contributed by atoms with Gasteiger partial charge in [0.1, 0.15) is 17.8 Å². The molecule has 28 heavy (non-hydrogen) atoms. The summed E-state index contributed by atoms with van der Waals surface area (Å²) in [5, 5.41) is 28.1. The molecule has 0 aromatic rings. The molecule has 0 spiro atoms. The van der Waals surface area contributed by atoms with Crippen molar-refractivity contribution in [2.24, 2.45) is 11.8 Å². The second-order valence-electron chi connectivity index (χ2n) is 7.32. The predicted octanol–water partition coefficient (Wildman–Crippen LogP) is 1.06. The molecule has 8 heteroatoms. The zero-order valence-corrected chi connectivity index (χ0v) is 15.8. The van der Waals surface area contributed by atoms with E-state index in [1.807, 2.05) is 13.0 Å². The van der Waals surface area contributed by atoms with Crippen LogP contribution in [0.4, 0.5) is 0 Å². The third-order valence-corrected chi connectivity index (χ3v) is 5.92. The number of carbonyl (C=O) groups is 2. The van der Waals surface area contributed by atoms with E-state index in [1.165, 1.54) is 0 Å². The van der Waals surface area contributed by atoms with Gasteiger partial charge in [0.25, 0.3) is 0 Å². The summed E-state index contributed by atoms with van der Waals surface area (Å²) in [5.74, 6) is -2.56. The van der Waals surface area contributed by atoms with Gasteiger partial charge in [0.2, 0.25) is 0 Å². The van der Waals surface area contributed by atoms with Gasteiger partial charge in [0.05, 0.1) is 30.6 Å². The summed E-state index contributed by atoms with van der Waals surface area (Å²) < 4.78 is 11.1. The average molecular weight is 392 g/mol. The van der Waals surface area contributed by atoms with Crippen LogP contribution in [-0.2, 0) is 24.0 Å². The Kier molecular flexibility index (Phi) is 5.58. The number of ether oxygens (including phenoxy) is 2. The largest absolute Gasteiger partial charge is 0.457 e. The van der Waals surface area contributed by atoms with Crippen LogP contribution in [0.1, 0.15) is 20.3 Å². The smallest absolute Gasteiger partial charge is 0.336 e. The molecular weight excluding hydrogens is 368 g/mol. The van der Waals surface area contributed by atoms with Gasteiger partial charge in [0, 0.05) is 12.0 Å². The highest BCUT2D eigenvalue weighted by Gasteiger charge is 2.60. The topological polar surface area (TPSA) is 123 Å². The van der Waals surface area contributed by atoms with Crippen LogP contribution < -0.4 is 0 Å². The lowest BCUT2D eigenvalue weighted by Crippen LogP contribution is -2.46. The Labute approximate surface area is 162 Å². The molecule has 3 N–H and O–H groups in total. The zero-order valence-electron chi connectivity index (χ0n) is 15.8. The molecule has 0 saturated carbocycles. The summed E-state index contributed by atoms with van der Waals surface area (Å²) in [5.41, 5.74) is 0.453. The molecule has 0 aromatic heterocycles. The number of esters is 2. The van der Waals surface area contributed by atoms with Crippen molar-refractivity contribution in [2.45, 2.75) is 38.1 Å². The monoisotopic (exact) mass is 392 g/mol. The maximum atomic E-state index is 12.5. The van der Waals surface area contributed by atoms with Crippen molar-refractivity contribution in [3.63, 3.8) is 0 Å². The minimum absolute atomic E-state index is 0.102. The summed E-state index contributed by atoms with van der Waals surface area (Å²) in [4.78, 5) is 29.6. The molecule has 1 saturated heterocycles. The van der Waals surface area contributed by atoms with Gasteiger partial charge in [-0.05, 0) is 31.6 Å². The second kappa shape index (κ2) is 7.63. The van der Waals surface area contributed by atoms with E-state index < -0.39 is 54.8 Å². The molecule has 3 rings (SSSR count). The zero-order chi connectivity index (χ0) is 20.6. The van der Waals surface area contributed by atoms with Crippen molar-refractivity contribution < 1.29 is 39.4 Å². The minimum Gasteiger partial charge on any atom is -0.457 e. The first kappa shape index (κ1) is 20.5. The summed E-state index contributed by atoms with van der Waals surface area (Å²) in [6.45, 7) is 6.39. The first-order valence-corrected chi connectivity index (χ1v) is 9.00. The van der Waals surface area contributed by atoms with E-state index in [-0.39, 0.29) is 11.1 Å². The molecule has 3 aliphatic rings. The highest BCUT2D eigenvalue weighted by atomic mass is 17.1. The molecule has 0 unspecified atom stereocenters. The van der Waals surface area contributed by atoms with Gasteiger partial charge in [-0.1, -0.05) is 18.2 Å². The van der Waals surface area contributed by atoms with E-state index in [0.29, 0.717) is 12.0 Å². The van der Waals surface area contributed by atoms with Gasteiger partial charge < -0.3 is 19.7 Å². The lowest BCUT2D eigenvalue weighted by atomic mass is 9.76. The van der Waals surface area contributed by atoms with Gasteiger partial charge in [-0.2, -0.15) is 0 Å². The highest BCUT2D eigenvalue weighted by Crippen LogP contribution is 2.53. The number of rotatable bonds is 5. The Balaban J connectivity index is 2.05. The first-order chi connectivity index (χ1) is 13.3. The van der Waals surface area contributed by atoms with Crippen molar-refractivity contribution in [2.75, 3.05) is 13.2 Å². The van der Waals surface area contributed by atoms with Gasteiger partial charge >= 0.3 is 11.9 Å². The summed E-state index contributed by atoms with van der Waals surface area (Å²) >= 11 is 0. The molecule has 0 bridgehead atoms. The standard InChI is InChI=1S/C20H24O8/c1-10-4-6-20(28-25)11(2)8-14(26-19(24)13(9-22)5-7-21)15-12(3)18(23)27-17(15)16(10)20/h4-5,8,14-17,21-22,25H,3,6-7,9H2,1-2H3/b13-5+/t14-,15-,16+,17-,20+/m0/s1. The van der Waals surface area contributed by atoms with Crippen LogP contribution in [-0.4, -0.2) is 58.4 Å². The molecule has 0 radical (unpaired) electrons. The van der Waals surface area contributed by atoms with E-state index in [4.69, 9.17) is 19.5 Å². The van der Waals surface area contributed by atoms with E-state index >= 15 is 0 Å². The number of fused-ring (bicyclic) bond motifs is 3. The molecule has 0 aromatic carbocycles. The first-order valence-electron chi connectivity index (χ1n) is 9.00. The highest BCUT2D eigenvalue weighted by molar-refractivity contribution is 5.92. The summed E-state index contributed by atoms with van der Waals surface area (Å²) in [7, 11) is 0. The van der Waals surface area contributed by atoms with Gasteiger partial charge in [-0.25, -0.2) is 14.5 Å². The lowest BCUT2D eigenvalue weighted by molar-refractivity contribution is -0.323. The van der Waals surface area contributed by atoms with E-state index in [9.17, 15) is 20.0 Å². The van der Waals surface area contributed by atoms with E-state index in [1.54, 1.807) is 13.0 Å². The van der Waals surface area contributed by atoms with Crippen LogP contribution in [0.25, 0.3) is 0 Å². The van der Waals surface area contributed by atoms with E-state index in [0.717, 1.165) is 11.6 Å². The van der Waals surface area contributed by atoms with Crippen molar-refractivity contribution in [1.82, 2.24) is 0 Å². The molecule has 2 aliphatic carbocycles. The fourth-order valence-electron chi connectivity index (χ4n) is 4.42. The van der Waals surface area contributed by atoms with Crippen molar-refractivity contribution in [3.05, 3.63) is 47.1 Å². The van der Waals surface area contributed by atoms with Gasteiger partial charge in [-0.15, -0.1) is 0 Å². The fraction of sp³-hybridized carbons (Fsp3) is 0.500. The number of hydrogen-bond donors (Lipinski definition) is 3. The molecular formula is C20H24O8. The Morgan fingerprint density at radius 1 is 1.43 bits per heavy atom. The molecule has 0 amide bonds. The Bertz CT molecular complexity index is 792. The number of hydrogen-bond acceptors (Lipinski definition) is 8. The van der Waals surface area contributed by atoms with Crippen molar-refractivity contribution >= 4 is 11.9 Å². The lowest BCUT2D eigenvalue weighted by Gasteiger charge is -2.36. The van der Waals surface area contributed by atoms with Crippen molar-refractivity contribution in [3.8, 4) is 0 Å². The third kappa shape index (κ3) is 3.02. The van der Waals surface area contributed by atoms with Gasteiger partial charge in [0.15, 0.2) is 0 Å². The third-order valence-electron chi connectivity index (χ3n) is 5.92. The van der Waals surface area contributed by atoms with E-state index in [2.05, 4.69) is 6.58 Å². The molecule has 1 aliphatic heterocycles. The van der Waals surface area contributed by atoms with Gasteiger partial charge in [-0.3, -0.25) is 5.26 Å². The fourth-order valence-corrected chi connectivity index (χ4v) is 4.42. The van der Waals surface area contributed by atoms with Crippen molar-refractivity contribution in [1.29, 1.82) is 0 Å². The maximum absolute atomic E-state index is 12.5. The number of aliphatic hydroxyl groups is 2. The summed E-state index contributed by atoms with van der Waals surface area (Å²) in [6.07, 6.45) is 3.41. The Morgan fingerprint density at radius 3 is 2.75 bits per heavy atom. The quantitative estimate of drug-likeness (QED) is 0.209. The van der Waals surface area contributed by atoms with Crippen LogP contribution in [0, 0.1) is 11.8 Å². The van der Waals surface area contributed by atoms with Crippen LogP contribution >= 0.6 is 0 Å². The minimum atomic E-state index is -1.13. The number of carbonyl (C=O) groups excluding carboxylic acids is 2. The van der Waals surface area contributed by atoms with Crippen LogP contribution in [0.15, 0.2) is 47.1 Å². The second-order valence-corrected chi connectivity index (χ2v) is 7.32.